The van der Waals surface area contributed by atoms with Gasteiger partial charge in [-0.15, -0.1) is 0 Å². The average molecular weight is 241 g/mol. The van der Waals surface area contributed by atoms with Crippen molar-refractivity contribution in [3.63, 3.8) is 0 Å². The topological polar surface area (TPSA) is 60.2 Å². The minimum absolute atomic E-state index is 0.0531. The van der Waals surface area contributed by atoms with Gasteiger partial charge in [-0.3, -0.25) is 0 Å². The molecule has 98 valence electrons. The molecule has 1 rings (SSSR count). The van der Waals surface area contributed by atoms with Crippen LogP contribution in [0.4, 0.5) is 0 Å². The van der Waals surface area contributed by atoms with Crippen LogP contribution < -0.4 is 5.32 Å². The van der Waals surface area contributed by atoms with Crippen molar-refractivity contribution in [1.29, 1.82) is 0 Å². The molecule has 1 aromatic rings. The summed E-state index contributed by atoms with van der Waals surface area (Å²) in [6.07, 6.45) is 0.800. The number of aromatic nitrogens is 2. The van der Waals surface area contributed by atoms with Crippen molar-refractivity contribution in [2.45, 2.75) is 46.8 Å². The molecule has 1 N–H and O–H groups in total. The molecular weight excluding hydrogens is 218 g/mol. The summed E-state index contributed by atoms with van der Waals surface area (Å²) in [4.78, 5) is 4.33. The van der Waals surface area contributed by atoms with Gasteiger partial charge >= 0.3 is 0 Å². The predicted octanol–water partition coefficient (Wildman–Crippen LogP) is 2.30. The Bertz CT molecular complexity index is 312. The monoisotopic (exact) mass is 241 g/mol. The van der Waals surface area contributed by atoms with Crippen molar-refractivity contribution < 1.29 is 9.26 Å². The van der Waals surface area contributed by atoms with Crippen LogP contribution in [0, 0.1) is 5.92 Å². The second-order valence-electron chi connectivity index (χ2n) is 4.42. The van der Waals surface area contributed by atoms with Crippen molar-refractivity contribution in [2.24, 2.45) is 5.92 Å². The molecule has 0 aromatic carbocycles. The van der Waals surface area contributed by atoms with E-state index in [1.807, 2.05) is 13.8 Å². The van der Waals surface area contributed by atoms with Crippen molar-refractivity contribution >= 4 is 0 Å². The van der Waals surface area contributed by atoms with Crippen LogP contribution in [-0.4, -0.2) is 23.3 Å². The lowest BCUT2D eigenvalue weighted by atomic mass is 10.2. The zero-order valence-corrected chi connectivity index (χ0v) is 11.2. The first-order valence-corrected chi connectivity index (χ1v) is 6.32. The number of ether oxygens (including phenoxy) is 1. The summed E-state index contributed by atoms with van der Waals surface area (Å²) >= 11 is 0. The molecule has 5 heteroatoms. The van der Waals surface area contributed by atoms with E-state index in [4.69, 9.17) is 9.26 Å². The van der Waals surface area contributed by atoms with E-state index < -0.39 is 0 Å². The molecule has 5 nitrogen and oxygen atoms in total. The third-order valence-corrected chi connectivity index (χ3v) is 2.34. The molecule has 1 unspecified atom stereocenters. The molecule has 0 fully saturated rings. The van der Waals surface area contributed by atoms with Gasteiger partial charge < -0.3 is 14.6 Å². The number of hydrogen-bond acceptors (Lipinski definition) is 5. The van der Waals surface area contributed by atoms with Crippen LogP contribution in [-0.2, 0) is 11.3 Å². The summed E-state index contributed by atoms with van der Waals surface area (Å²) in [5.41, 5.74) is 0. The predicted molar refractivity (Wildman–Crippen MR) is 65.5 cm³/mol. The molecule has 0 spiro atoms. The Morgan fingerprint density at radius 2 is 2.12 bits per heavy atom. The van der Waals surface area contributed by atoms with Crippen molar-refractivity contribution in [3.8, 4) is 0 Å². The number of nitrogens with one attached hydrogen (secondary N) is 1. The largest absolute Gasteiger partial charge is 0.370 e. The Labute approximate surface area is 103 Å². The van der Waals surface area contributed by atoms with Crippen LogP contribution in [0.3, 0.4) is 0 Å². The van der Waals surface area contributed by atoms with E-state index in [1.165, 1.54) is 0 Å². The fraction of sp³-hybridized carbons (Fsp3) is 0.833. The fourth-order valence-corrected chi connectivity index (χ4v) is 1.51. The Morgan fingerprint density at radius 1 is 1.35 bits per heavy atom. The van der Waals surface area contributed by atoms with Gasteiger partial charge in [-0.25, -0.2) is 0 Å². The minimum Gasteiger partial charge on any atom is -0.370 e. The second kappa shape index (κ2) is 7.40. The normalized spacial score (nSPS) is 13.2. The highest BCUT2D eigenvalue weighted by Gasteiger charge is 2.16. The molecule has 0 aliphatic heterocycles. The van der Waals surface area contributed by atoms with Crippen molar-refractivity contribution in [2.75, 3.05) is 13.2 Å². The molecule has 1 aromatic heterocycles. The molecule has 1 heterocycles. The molecule has 1 atom stereocenters. The lowest BCUT2D eigenvalue weighted by Gasteiger charge is -2.09. The maximum atomic E-state index is 5.53. The summed E-state index contributed by atoms with van der Waals surface area (Å²) in [5.74, 6) is 1.89. The van der Waals surface area contributed by atoms with E-state index in [9.17, 15) is 0 Å². The molecule has 17 heavy (non-hydrogen) atoms. The van der Waals surface area contributed by atoms with Gasteiger partial charge in [0.15, 0.2) is 0 Å². The van der Waals surface area contributed by atoms with Crippen molar-refractivity contribution in [1.82, 2.24) is 15.5 Å². The van der Waals surface area contributed by atoms with E-state index in [0.29, 0.717) is 30.8 Å². The van der Waals surface area contributed by atoms with Crippen LogP contribution in [0.15, 0.2) is 4.52 Å². The Kier molecular flexibility index (Phi) is 6.15. The second-order valence-corrected chi connectivity index (χ2v) is 4.42. The van der Waals surface area contributed by atoms with Crippen LogP contribution in [0.25, 0.3) is 0 Å². The molecule has 0 amide bonds. The SMILES string of the molecule is CCOC(CC)c1noc(CNCC(C)C)n1. The highest BCUT2D eigenvalue weighted by atomic mass is 16.5. The van der Waals surface area contributed by atoms with E-state index in [1.54, 1.807) is 0 Å². The van der Waals surface area contributed by atoms with Gasteiger partial charge in [0.1, 0.15) is 6.10 Å². The molecule has 0 bridgehead atoms. The Hall–Kier alpha value is -0.940. The molecule has 0 saturated carbocycles. The highest BCUT2D eigenvalue weighted by molar-refractivity contribution is 4.90. The quantitative estimate of drug-likeness (QED) is 0.756. The summed E-state index contributed by atoms with van der Waals surface area (Å²) in [7, 11) is 0. The van der Waals surface area contributed by atoms with Crippen LogP contribution >= 0.6 is 0 Å². The smallest absolute Gasteiger partial charge is 0.240 e. The number of rotatable bonds is 8. The van der Waals surface area contributed by atoms with E-state index in [0.717, 1.165) is 13.0 Å². The third-order valence-electron chi connectivity index (χ3n) is 2.34. The lowest BCUT2D eigenvalue weighted by molar-refractivity contribution is 0.0518. The van der Waals surface area contributed by atoms with E-state index in [2.05, 4.69) is 29.3 Å². The molecule has 0 aliphatic rings. The van der Waals surface area contributed by atoms with Crippen molar-refractivity contribution in [3.05, 3.63) is 11.7 Å². The van der Waals surface area contributed by atoms with Crippen LogP contribution in [0.1, 0.15) is 51.9 Å². The van der Waals surface area contributed by atoms with Gasteiger partial charge in [0.05, 0.1) is 6.54 Å². The Balaban J connectivity index is 2.46. The first-order valence-electron chi connectivity index (χ1n) is 6.32. The highest BCUT2D eigenvalue weighted by Crippen LogP contribution is 2.17. The van der Waals surface area contributed by atoms with Gasteiger partial charge in [-0.1, -0.05) is 25.9 Å². The maximum Gasteiger partial charge on any atom is 0.240 e. The van der Waals surface area contributed by atoms with Gasteiger partial charge in [-0.05, 0) is 25.8 Å². The summed E-state index contributed by atoms with van der Waals surface area (Å²) < 4.78 is 10.7. The van der Waals surface area contributed by atoms with Crippen LogP contribution in [0.2, 0.25) is 0 Å². The summed E-state index contributed by atoms with van der Waals surface area (Å²) in [5, 5.41) is 7.22. The Morgan fingerprint density at radius 3 is 2.71 bits per heavy atom. The maximum absolute atomic E-state index is 5.53. The first-order chi connectivity index (χ1) is 8.17. The zero-order valence-electron chi connectivity index (χ0n) is 11.2. The zero-order chi connectivity index (χ0) is 12.7. The van der Waals surface area contributed by atoms with Gasteiger partial charge in [0.2, 0.25) is 11.7 Å². The standard InChI is InChI=1S/C12H23N3O2/c1-5-10(16-6-2)12-14-11(17-15-12)8-13-7-9(3)4/h9-10,13H,5-8H2,1-4H3. The lowest BCUT2D eigenvalue weighted by Crippen LogP contribution is -2.19. The minimum atomic E-state index is -0.0531. The summed E-state index contributed by atoms with van der Waals surface area (Å²) in [6, 6.07) is 0. The molecule has 0 aliphatic carbocycles. The summed E-state index contributed by atoms with van der Waals surface area (Å²) in [6.45, 7) is 10.6. The number of nitrogens with zero attached hydrogens (tertiary/aromatic N) is 2. The van der Waals surface area contributed by atoms with Gasteiger partial charge in [0.25, 0.3) is 0 Å². The van der Waals surface area contributed by atoms with E-state index in [-0.39, 0.29) is 6.10 Å². The molecular formula is C12H23N3O2. The van der Waals surface area contributed by atoms with E-state index >= 15 is 0 Å². The fourth-order valence-electron chi connectivity index (χ4n) is 1.51. The molecule has 0 saturated heterocycles. The van der Waals surface area contributed by atoms with Gasteiger partial charge in [-0.2, -0.15) is 4.98 Å². The van der Waals surface area contributed by atoms with Crippen LogP contribution in [0.5, 0.6) is 0 Å². The number of hydrogen-bond donors (Lipinski definition) is 1. The average Bonchev–Trinajstić information content (AvgIpc) is 2.74. The third kappa shape index (κ3) is 4.83. The first kappa shape index (κ1) is 14.1. The molecule has 0 radical (unpaired) electrons. The van der Waals surface area contributed by atoms with Gasteiger partial charge in [0, 0.05) is 6.61 Å².